The number of nitrogens with zero attached hydrogens (tertiary/aromatic N) is 2. The lowest BCUT2D eigenvalue weighted by molar-refractivity contribution is 0.0949. The van der Waals surface area contributed by atoms with E-state index in [-0.39, 0.29) is 17.3 Å². The molecule has 194 valence electrons. The minimum Gasteiger partial charge on any atom is -0.453 e. The summed E-state index contributed by atoms with van der Waals surface area (Å²) < 4.78 is 7.47. The zero-order valence-corrected chi connectivity index (χ0v) is 22.1. The van der Waals surface area contributed by atoms with Crippen molar-refractivity contribution in [1.82, 2.24) is 15.1 Å². The van der Waals surface area contributed by atoms with E-state index in [1.54, 1.807) is 48.5 Å². The topological polar surface area (TPSA) is 85.2 Å². The summed E-state index contributed by atoms with van der Waals surface area (Å²) in [6.45, 7) is 4.65. The molecule has 1 aliphatic rings. The second kappa shape index (κ2) is 11.1. The standard InChI is InChI=1S/C30H29ClN4O3/c1-19(2)17-32-29(36)22-8-4-10-24(14-22)34-28-27(38-26-13-12-20-6-3-7-21(20)15-26)18-33-35(30(28)37)25-11-5-9-23(31)16-25/h4-5,8-16,18-19,34H,3,6-7,17H2,1-2H3,(H,32,36). The normalized spacial score (nSPS) is 12.3. The number of nitrogens with one attached hydrogen (secondary N) is 2. The molecule has 2 N–H and O–H groups in total. The highest BCUT2D eigenvalue weighted by molar-refractivity contribution is 6.30. The van der Waals surface area contributed by atoms with Gasteiger partial charge in [0.25, 0.3) is 11.5 Å². The highest BCUT2D eigenvalue weighted by atomic mass is 35.5. The van der Waals surface area contributed by atoms with E-state index >= 15 is 0 Å². The maximum Gasteiger partial charge on any atom is 0.299 e. The largest absolute Gasteiger partial charge is 0.453 e. The monoisotopic (exact) mass is 528 g/mol. The van der Waals surface area contributed by atoms with Crippen LogP contribution in [0.1, 0.15) is 41.8 Å². The molecule has 1 aromatic heterocycles. The molecule has 0 aliphatic heterocycles. The second-order valence-electron chi connectivity index (χ2n) is 9.78. The number of aryl methyl sites for hydroxylation is 2. The van der Waals surface area contributed by atoms with Crippen molar-refractivity contribution < 1.29 is 9.53 Å². The number of ether oxygens (including phenoxy) is 1. The van der Waals surface area contributed by atoms with Gasteiger partial charge in [-0.3, -0.25) is 9.59 Å². The predicted octanol–water partition coefficient (Wildman–Crippen LogP) is 6.30. The first-order valence-corrected chi connectivity index (χ1v) is 13.1. The van der Waals surface area contributed by atoms with Crippen LogP contribution in [0.2, 0.25) is 5.02 Å². The fraction of sp³-hybridized carbons (Fsp3) is 0.233. The number of aromatic nitrogens is 2. The summed E-state index contributed by atoms with van der Waals surface area (Å²) in [6, 6.07) is 19.9. The molecule has 1 amide bonds. The molecular weight excluding hydrogens is 500 g/mol. The van der Waals surface area contributed by atoms with Gasteiger partial charge in [-0.15, -0.1) is 0 Å². The molecule has 1 aliphatic carbocycles. The van der Waals surface area contributed by atoms with Gasteiger partial charge in [0.15, 0.2) is 11.4 Å². The smallest absolute Gasteiger partial charge is 0.299 e. The third kappa shape index (κ3) is 5.73. The Morgan fingerprint density at radius 1 is 1.05 bits per heavy atom. The number of amides is 1. The number of anilines is 2. The minimum atomic E-state index is -0.416. The Labute approximate surface area is 226 Å². The van der Waals surface area contributed by atoms with E-state index in [9.17, 15) is 9.59 Å². The summed E-state index contributed by atoms with van der Waals surface area (Å²) in [6.07, 6.45) is 4.72. The molecule has 5 rings (SSSR count). The first-order chi connectivity index (χ1) is 18.4. The summed E-state index contributed by atoms with van der Waals surface area (Å²) in [5.74, 6) is 1.07. The summed E-state index contributed by atoms with van der Waals surface area (Å²) in [5.41, 5.74) is 3.95. The van der Waals surface area contributed by atoms with Gasteiger partial charge in [0.05, 0.1) is 11.9 Å². The first kappa shape index (κ1) is 25.5. The third-order valence-corrected chi connectivity index (χ3v) is 6.59. The molecule has 0 radical (unpaired) electrons. The molecule has 38 heavy (non-hydrogen) atoms. The van der Waals surface area contributed by atoms with Gasteiger partial charge in [0, 0.05) is 22.8 Å². The predicted molar refractivity (Wildman–Crippen MR) is 150 cm³/mol. The van der Waals surface area contributed by atoms with Crippen LogP contribution < -0.4 is 20.9 Å². The molecule has 8 heteroatoms. The van der Waals surface area contributed by atoms with Crippen LogP contribution >= 0.6 is 11.6 Å². The molecular formula is C30H29ClN4O3. The molecule has 0 unspecified atom stereocenters. The van der Waals surface area contributed by atoms with Crippen molar-refractivity contribution in [2.75, 3.05) is 11.9 Å². The molecule has 0 spiro atoms. The lowest BCUT2D eigenvalue weighted by Gasteiger charge is -2.16. The summed E-state index contributed by atoms with van der Waals surface area (Å²) >= 11 is 6.17. The highest BCUT2D eigenvalue weighted by Gasteiger charge is 2.18. The van der Waals surface area contributed by atoms with Crippen molar-refractivity contribution in [2.45, 2.75) is 33.1 Å². The van der Waals surface area contributed by atoms with E-state index < -0.39 is 5.56 Å². The van der Waals surface area contributed by atoms with Gasteiger partial charge in [-0.1, -0.05) is 43.6 Å². The van der Waals surface area contributed by atoms with Gasteiger partial charge in [-0.2, -0.15) is 9.78 Å². The van der Waals surface area contributed by atoms with E-state index in [0.29, 0.717) is 40.2 Å². The molecule has 7 nitrogen and oxygen atoms in total. The van der Waals surface area contributed by atoms with Crippen LogP contribution in [0.25, 0.3) is 5.69 Å². The zero-order valence-electron chi connectivity index (χ0n) is 21.3. The number of halogens is 1. The van der Waals surface area contributed by atoms with E-state index in [1.807, 2.05) is 26.0 Å². The number of hydrogen-bond donors (Lipinski definition) is 2. The van der Waals surface area contributed by atoms with Gasteiger partial charge in [-0.05, 0) is 84.8 Å². The van der Waals surface area contributed by atoms with Crippen LogP contribution in [-0.4, -0.2) is 22.2 Å². The lowest BCUT2D eigenvalue weighted by atomic mass is 10.1. The lowest BCUT2D eigenvalue weighted by Crippen LogP contribution is -2.27. The van der Waals surface area contributed by atoms with Gasteiger partial charge >= 0.3 is 0 Å². The quantitative estimate of drug-likeness (QED) is 0.280. The molecule has 0 saturated carbocycles. The minimum absolute atomic E-state index is 0.178. The van der Waals surface area contributed by atoms with E-state index in [4.69, 9.17) is 16.3 Å². The van der Waals surface area contributed by atoms with Crippen molar-refractivity contribution in [3.8, 4) is 17.2 Å². The Bertz CT molecular complexity index is 1550. The highest BCUT2D eigenvalue weighted by Crippen LogP contribution is 2.32. The number of carbonyl (C=O) groups is 1. The van der Waals surface area contributed by atoms with Crippen molar-refractivity contribution in [1.29, 1.82) is 0 Å². The number of fused-ring (bicyclic) bond motifs is 1. The summed E-state index contributed by atoms with van der Waals surface area (Å²) in [4.78, 5) is 26.4. The number of rotatable bonds is 8. The Morgan fingerprint density at radius 2 is 1.87 bits per heavy atom. The van der Waals surface area contributed by atoms with Crippen molar-refractivity contribution in [3.63, 3.8) is 0 Å². The SMILES string of the molecule is CC(C)CNC(=O)c1cccc(Nc2c(Oc3ccc4c(c3)CCC4)cnn(-c3cccc(Cl)c3)c2=O)c1. The zero-order chi connectivity index (χ0) is 26.6. The third-order valence-electron chi connectivity index (χ3n) is 6.36. The Morgan fingerprint density at radius 3 is 2.68 bits per heavy atom. The van der Waals surface area contributed by atoms with Crippen LogP contribution in [0.5, 0.6) is 11.5 Å². The molecule has 0 fully saturated rings. The van der Waals surface area contributed by atoms with Gasteiger partial charge in [0.2, 0.25) is 0 Å². The Kier molecular flexibility index (Phi) is 7.47. The average molecular weight is 529 g/mol. The van der Waals surface area contributed by atoms with E-state index in [2.05, 4.69) is 21.8 Å². The van der Waals surface area contributed by atoms with Crippen LogP contribution in [0.3, 0.4) is 0 Å². The average Bonchev–Trinajstić information content (AvgIpc) is 3.37. The summed E-state index contributed by atoms with van der Waals surface area (Å²) in [5, 5.41) is 11.0. The summed E-state index contributed by atoms with van der Waals surface area (Å²) in [7, 11) is 0. The first-order valence-electron chi connectivity index (χ1n) is 12.7. The van der Waals surface area contributed by atoms with Crippen LogP contribution in [0, 0.1) is 5.92 Å². The molecule has 3 aromatic carbocycles. The van der Waals surface area contributed by atoms with E-state index in [0.717, 1.165) is 19.3 Å². The fourth-order valence-corrected chi connectivity index (χ4v) is 4.63. The Balaban J connectivity index is 1.52. The maximum absolute atomic E-state index is 13.7. The molecule has 0 bridgehead atoms. The number of benzene rings is 3. The fourth-order valence-electron chi connectivity index (χ4n) is 4.44. The number of hydrogen-bond acceptors (Lipinski definition) is 5. The molecule has 0 atom stereocenters. The van der Waals surface area contributed by atoms with Gasteiger partial charge < -0.3 is 15.4 Å². The van der Waals surface area contributed by atoms with Gasteiger partial charge in [-0.25, -0.2) is 0 Å². The molecule has 0 saturated heterocycles. The van der Waals surface area contributed by atoms with Crippen molar-refractivity contribution >= 4 is 28.9 Å². The second-order valence-corrected chi connectivity index (χ2v) is 10.2. The van der Waals surface area contributed by atoms with Crippen LogP contribution in [0.15, 0.2) is 77.7 Å². The van der Waals surface area contributed by atoms with Crippen LogP contribution in [-0.2, 0) is 12.8 Å². The molecule has 1 heterocycles. The van der Waals surface area contributed by atoms with E-state index in [1.165, 1.54) is 22.0 Å². The van der Waals surface area contributed by atoms with Crippen molar-refractivity contribution in [3.05, 3.63) is 105 Å². The number of carbonyl (C=O) groups excluding carboxylic acids is 1. The van der Waals surface area contributed by atoms with Crippen LogP contribution in [0.4, 0.5) is 11.4 Å². The van der Waals surface area contributed by atoms with Gasteiger partial charge in [0.1, 0.15) is 5.75 Å². The Hall–Kier alpha value is -4.10. The maximum atomic E-state index is 13.7. The molecule has 4 aromatic rings. The van der Waals surface area contributed by atoms with Crippen molar-refractivity contribution in [2.24, 2.45) is 5.92 Å².